The molecule has 9 heteroatoms. The number of carbonyl (C=O) groups is 1. The maximum atomic E-state index is 13.1. The van der Waals surface area contributed by atoms with Crippen LogP contribution >= 0.6 is 11.6 Å². The Kier molecular flexibility index (Phi) is 5.09. The molecular formula is C20H13ClF2N4O2. The van der Waals surface area contributed by atoms with Crippen molar-refractivity contribution in [2.75, 3.05) is 5.32 Å². The van der Waals surface area contributed by atoms with Crippen molar-refractivity contribution in [3.8, 4) is 11.3 Å². The second kappa shape index (κ2) is 7.84. The number of benzene rings is 2. The van der Waals surface area contributed by atoms with Crippen molar-refractivity contribution < 1.29 is 18.1 Å². The Labute approximate surface area is 168 Å². The van der Waals surface area contributed by atoms with Crippen LogP contribution in [0.1, 0.15) is 16.1 Å². The summed E-state index contributed by atoms with van der Waals surface area (Å²) in [6.07, 6.45) is 1.65. The average Bonchev–Trinajstić information content (AvgIpc) is 3.34. The van der Waals surface area contributed by atoms with Crippen LogP contribution in [0.5, 0.6) is 0 Å². The highest BCUT2D eigenvalue weighted by Crippen LogP contribution is 2.21. The van der Waals surface area contributed by atoms with Crippen LogP contribution in [0, 0.1) is 11.6 Å². The van der Waals surface area contributed by atoms with E-state index in [4.69, 9.17) is 16.1 Å². The molecule has 0 saturated heterocycles. The minimum absolute atomic E-state index is 0.0560. The van der Waals surface area contributed by atoms with E-state index in [0.29, 0.717) is 34.3 Å². The summed E-state index contributed by atoms with van der Waals surface area (Å²) in [6, 6.07) is 12.8. The number of rotatable bonds is 5. The molecule has 146 valence electrons. The summed E-state index contributed by atoms with van der Waals surface area (Å²) in [7, 11) is 0. The van der Waals surface area contributed by atoms with Gasteiger partial charge in [0.25, 0.3) is 5.91 Å². The van der Waals surface area contributed by atoms with Crippen molar-refractivity contribution >= 4 is 23.3 Å². The van der Waals surface area contributed by atoms with Gasteiger partial charge in [0.05, 0.1) is 6.54 Å². The van der Waals surface area contributed by atoms with Crippen molar-refractivity contribution in [1.29, 1.82) is 0 Å². The molecule has 1 amide bonds. The van der Waals surface area contributed by atoms with Crippen LogP contribution in [0.3, 0.4) is 0 Å². The number of nitrogens with zero attached hydrogens (tertiary/aromatic N) is 3. The summed E-state index contributed by atoms with van der Waals surface area (Å²) in [5.74, 6) is -0.651. The number of anilines is 1. The molecule has 4 rings (SSSR count). The fraction of sp³-hybridized carbons (Fsp3) is 0.0500. The van der Waals surface area contributed by atoms with Gasteiger partial charge in [0.1, 0.15) is 11.6 Å². The SMILES string of the molecule is O=C(Nc1ccn(Cc2ccc(F)cc2Cl)n1)c1cc(-c2ccc(F)cc2)on1. The summed E-state index contributed by atoms with van der Waals surface area (Å²) < 4.78 is 32.9. The topological polar surface area (TPSA) is 73.0 Å². The monoisotopic (exact) mass is 414 g/mol. The normalized spacial score (nSPS) is 10.9. The lowest BCUT2D eigenvalue weighted by Crippen LogP contribution is -2.13. The molecule has 0 atom stereocenters. The number of amides is 1. The van der Waals surface area contributed by atoms with Gasteiger partial charge in [0.2, 0.25) is 0 Å². The lowest BCUT2D eigenvalue weighted by Gasteiger charge is -2.04. The number of aromatic nitrogens is 3. The molecule has 2 aromatic heterocycles. The first kappa shape index (κ1) is 18.8. The van der Waals surface area contributed by atoms with Gasteiger partial charge < -0.3 is 9.84 Å². The van der Waals surface area contributed by atoms with E-state index in [0.717, 1.165) is 0 Å². The Bertz CT molecular complexity index is 1170. The zero-order valence-corrected chi connectivity index (χ0v) is 15.5. The van der Waals surface area contributed by atoms with Crippen molar-refractivity contribution in [3.63, 3.8) is 0 Å². The van der Waals surface area contributed by atoms with Crippen LogP contribution in [-0.4, -0.2) is 20.8 Å². The van der Waals surface area contributed by atoms with Crippen LogP contribution in [-0.2, 0) is 6.54 Å². The van der Waals surface area contributed by atoms with E-state index >= 15 is 0 Å². The lowest BCUT2D eigenvalue weighted by atomic mass is 10.1. The minimum atomic E-state index is -0.507. The summed E-state index contributed by atoms with van der Waals surface area (Å²) in [4.78, 5) is 12.4. The van der Waals surface area contributed by atoms with Gasteiger partial charge in [-0.15, -0.1) is 0 Å². The molecular weight excluding hydrogens is 402 g/mol. The average molecular weight is 415 g/mol. The van der Waals surface area contributed by atoms with E-state index in [9.17, 15) is 13.6 Å². The molecule has 1 N–H and O–H groups in total. The Morgan fingerprint density at radius 3 is 2.59 bits per heavy atom. The molecule has 0 aliphatic heterocycles. The molecule has 0 saturated carbocycles. The van der Waals surface area contributed by atoms with Crippen LogP contribution in [0.4, 0.5) is 14.6 Å². The molecule has 29 heavy (non-hydrogen) atoms. The van der Waals surface area contributed by atoms with Crippen molar-refractivity contribution in [2.45, 2.75) is 6.54 Å². The van der Waals surface area contributed by atoms with E-state index in [1.807, 2.05) is 0 Å². The minimum Gasteiger partial charge on any atom is -0.355 e. The standard InChI is InChI=1S/C20H13ClF2N4O2/c21-16-9-15(23)6-3-13(16)11-27-8-7-19(25-27)24-20(28)17-10-18(29-26-17)12-1-4-14(22)5-2-12/h1-10H,11H2,(H,24,25,28). The molecule has 0 radical (unpaired) electrons. The number of hydrogen-bond donors (Lipinski definition) is 1. The molecule has 4 aromatic rings. The molecule has 0 aliphatic rings. The van der Waals surface area contributed by atoms with Crippen molar-refractivity contribution in [2.24, 2.45) is 0 Å². The summed E-state index contributed by atoms with van der Waals surface area (Å²) in [5.41, 5.74) is 1.34. The maximum absolute atomic E-state index is 13.1. The lowest BCUT2D eigenvalue weighted by molar-refractivity contribution is 0.101. The fourth-order valence-corrected chi connectivity index (χ4v) is 2.88. The largest absolute Gasteiger partial charge is 0.355 e. The molecule has 6 nitrogen and oxygen atoms in total. The Morgan fingerprint density at radius 1 is 1.07 bits per heavy atom. The molecule has 0 spiro atoms. The quantitative estimate of drug-likeness (QED) is 0.510. The zero-order valence-electron chi connectivity index (χ0n) is 14.8. The van der Waals surface area contributed by atoms with E-state index in [-0.39, 0.29) is 11.5 Å². The number of halogens is 3. The highest BCUT2D eigenvalue weighted by atomic mass is 35.5. The van der Waals surface area contributed by atoms with Gasteiger partial charge in [-0.05, 0) is 42.0 Å². The van der Waals surface area contributed by atoms with Gasteiger partial charge in [0.15, 0.2) is 17.3 Å². The Morgan fingerprint density at radius 2 is 1.83 bits per heavy atom. The predicted molar refractivity (Wildman–Crippen MR) is 103 cm³/mol. The van der Waals surface area contributed by atoms with Crippen LogP contribution in [0.25, 0.3) is 11.3 Å². The van der Waals surface area contributed by atoms with Crippen LogP contribution in [0.2, 0.25) is 5.02 Å². The maximum Gasteiger partial charge on any atom is 0.279 e. The first-order valence-electron chi connectivity index (χ1n) is 8.49. The molecule has 0 unspecified atom stereocenters. The summed E-state index contributed by atoms with van der Waals surface area (Å²) in [6.45, 7) is 0.313. The van der Waals surface area contributed by atoms with Crippen molar-refractivity contribution in [3.05, 3.63) is 88.7 Å². The van der Waals surface area contributed by atoms with Crippen LogP contribution in [0.15, 0.2) is 65.3 Å². The highest BCUT2D eigenvalue weighted by Gasteiger charge is 2.15. The van der Waals surface area contributed by atoms with Gasteiger partial charge in [0, 0.05) is 28.9 Å². The first-order valence-corrected chi connectivity index (χ1v) is 8.87. The Hall–Kier alpha value is -3.52. The summed E-state index contributed by atoms with van der Waals surface area (Å²) in [5, 5.41) is 10.9. The molecule has 0 fully saturated rings. The van der Waals surface area contributed by atoms with Crippen LogP contribution < -0.4 is 5.32 Å². The van der Waals surface area contributed by atoms with E-state index in [1.54, 1.807) is 23.0 Å². The van der Waals surface area contributed by atoms with Gasteiger partial charge in [-0.1, -0.05) is 22.8 Å². The van der Waals surface area contributed by atoms with Gasteiger partial charge in [-0.25, -0.2) is 8.78 Å². The van der Waals surface area contributed by atoms with Crippen molar-refractivity contribution in [1.82, 2.24) is 14.9 Å². The Balaban J connectivity index is 1.43. The first-order chi connectivity index (χ1) is 14.0. The smallest absolute Gasteiger partial charge is 0.279 e. The van der Waals surface area contributed by atoms with Gasteiger partial charge in [-0.3, -0.25) is 9.48 Å². The molecule has 0 bridgehead atoms. The second-order valence-electron chi connectivity index (χ2n) is 6.17. The number of hydrogen-bond acceptors (Lipinski definition) is 4. The number of nitrogens with one attached hydrogen (secondary N) is 1. The second-order valence-corrected chi connectivity index (χ2v) is 6.58. The van der Waals surface area contributed by atoms with E-state index in [1.165, 1.54) is 42.5 Å². The molecule has 2 heterocycles. The molecule has 0 aliphatic carbocycles. The summed E-state index contributed by atoms with van der Waals surface area (Å²) >= 11 is 6.02. The zero-order chi connectivity index (χ0) is 20.4. The third-order valence-electron chi connectivity index (χ3n) is 4.10. The fourth-order valence-electron chi connectivity index (χ4n) is 2.65. The molecule has 2 aromatic carbocycles. The van der Waals surface area contributed by atoms with Gasteiger partial charge >= 0.3 is 0 Å². The number of carbonyl (C=O) groups excluding carboxylic acids is 1. The third-order valence-corrected chi connectivity index (χ3v) is 4.45. The van der Waals surface area contributed by atoms with E-state index < -0.39 is 11.7 Å². The van der Waals surface area contributed by atoms with Gasteiger partial charge in [-0.2, -0.15) is 5.10 Å². The predicted octanol–water partition coefficient (Wildman–Crippen LogP) is 4.77. The third kappa shape index (κ3) is 4.33. The highest BCUT2D eigenvalue weighted by molar-refractivity contribution is 6.31. The van der Waals surface area contributed by atoms with E-state index in [2.05, 4.69) is 15.6 Å².